The van der Waals surface area contributed by atoms with Gasteiger partial charge in [0, 0.05) is 19.1 Å². The van der Waals surface area contributed by atoms with E-state index in [9.17, 15) is 10.1 Å². The topological polar surface area (TPSA) is 105 Å². The van der Waals surface area contributed by atoms with Crippen LogP contribution < -0.4 is 16.2 Å². The molecule has 1 aliphatic rings. The Morgan fingerprint density at radius 3 is 2.96 bits per heavy atom. The molecule has 2 aromatic heterocycles. The van der Waals surface area contributed by atoms with E-state index in [2.05, 4.69) is 16.3 Å². The average molecular weight is 349 g/mol. The molecule has 8 heteroatoms. The zero-order chi connectivity index (χ0) is 18.1. The fourth-order valence-corrected chi connectivity index (χ4v) is 3.41. The molecule has 0 radical (unpaired) electrons. The minimum atomic E-state index is -0.181. The highest BCUT2D eigenvalue weighted by atomic mass is 16.1. The van der Waals surface area contributed by atoms with E-state index in [0.717, 1.165) is 24.9 Å². The molecule has 132 valence electrons. The lowest BCUT2D eigenvalue weighted by Gasteiger charge is -2.32. The molecule has 2 N–H and O–H groups in total. The highest BCUT2D eigenvalue weighted by molar-refractivity contribution is 5.46. The molecule has 3 heterocycles. The van der Waals surface area contributed by atoms with E-state index in [0.29, 0.717) is 23.6 Å². The third kappa shape index (κ3) is 2.82. The molecule has 0 spiro atoms. The second kappa shape index (κ2) is 6.61. The van der Waals surface area contributed by atoms with Gasteiger partial charge >= 0.3 is 0 Å². The number of hydrogen-bond acceptors (Lipinski definition) is 6. The lowest BCUT2D eigenvalue weighted by atomic mass is 10.1. The quantitative estimate of drug-likeness (QED) is 0.748. The van der Waals surface area contributed by atoms with Gasteiger partial charge in [0.15, 0.2) is 5.52 Å². The largest absolute Gasteiger partial charge is 0.339 e. The predicted octanol–water partition coefficient (Wildman–Crippen LogP) is 0.738. The standard InChI is InChI=1S/C18H19N7O/c19-10-13-4-1-2-5-14(13)11-24-17(26)16-7-8-21-25(16)22-18(24)23-9-3-6-15(20)12-23/h1-2,4-5,7-8,15H,3,6,9,11-12,20H2/t15-/m1/s1. The van der Waals surface area contributed by atoms with Gasteiger partial charge in [0.05, 0.1) is 24.4 Å². The van der Waals surface area contributed by atoms with E-state index >= 15 is 0 Å². The Labute approximate surface area is 150 Å². The zero-order valence-electron chi connectivity index (χ0n) is 14.2. The van der Waals surface area contributed by atoms with Gasteiger partial charge in [-0.1, -0.05) is 18.2 Å². The van der Waals surface area contributed by atoms with Crippen LogP contribution in [0.15, 0.2) is 41.3 Å². The van der Waals surface area contributed by atoms with E-state index < -0.39 is 0 Å². The van der Waals surface area contributed by atoms with Crippen molar-refractivity contribution in [3.63, 3.8) is 0 Å². The highest BCUT2D eigenvalue weighted by Crippen LogP contribution is 2.18. The summed E-state index contributed by atoms with van der Waals surface area (Å²) in [5.41, 5.74) is 7.68. The average Bonchev–Trinajstić information content (AvgIpc) is 3.13. The Hall–Kier alpha value is -3.18. The summed E-state index contributed by atoms with van der Waals surface area (Å²) in [5, 5.41) is 18.0. The van der Waals surface area contributed by atoms with Crippen molar-refractivity contribution in [2.24, 2.45) is 5.73 Å². The molecular formula is C18H19N7O. The van der Waals surface area contributed by atoms with Crippen molar-refractivity contribution in [3.05, 3.63) is 58.0 Å². The fourth-order valence-electron chi connectivity index (χ4n) is 3.41. The van der Waals surface area contributed by atoms with E-state index in [-0.39, 0.29) is 18.1 Å². The Morgan fingerprint density at radius 1 is 1.31 bits per heavy atom. The second-order valence-corrected chi connectivity index (χ2v) is 6.51. The van der Waals surface area contributed by atoms with Gasteiger partial charge in [-0.3, -0.25) is 9.36 Å². The number of nitriles is 1. The minimum absolute atomic E-state index is 0.0498. The molecule has 1 saturated heterocycles. The molecule has 1 aliphatic heterocycles. The van der Waals surface area contributed by atoms with Gasteiger partial charge in [-0.05, 0) is 30.5 Å². The van der Waals surface area contributed by atoms with Gasteiger partial charge in [0.2, 0.25) is 5.95 Å². The summed E-state index contributed by atoms with van der Waals surface area (Å²) in [5.74, 6) is 0.536. The van der Waals surface area contributed by atoms with Crippen LogP contribution in [0.1, 0.15) is 24.0 Å². The van der Waals surface area contributed by atoms with E-state index in [4.69, 9.17) is 5.73 Å². The molecule has 0 aliphatic carbocycles. The van der Waals surface area contributed by atoms with Crippen LogP contribution in [0.4, 0.5) is 5.95 Å². The molecule has 0 amide bonds. The van der Waals surface area contributed by atoms with E-state index in [1.807, 2.05) is 23.1 Å². The Kier molecular flexibility index (Phi) is 4.14. The molecule has 0 unspecified atom stereocenters. The SMILES string of the molecule is N#Cc1ccccc1Cn1c(N2CCC[C@@H](N)C2)nn2nccc2c1=O. The molecule has 0 saturated carbocycles. The van der Waals surface area contributed by atoms with Crippen molar-refractivity contribution in [2.45, 2.75) is 25.4 Å². The van der Waals surface area contributed by atoms with E-state index in [1.54, 1.807) is 22.9 Å². The third-order valence-electron chi connectivity index (χ3n) is 4.72. The van der Waals surface area contributed by atoms with Crippen molar-refractivity contribution in [1.82, 2.24) is 19.4 Å². The fraction of sp³-hybridized carbons (Fsp3) is 0.333. The molecule has 1 aromatic carbocycles. The molecule has 26 heavy (non-hydrogen) atoms. The number of rotatable bonds is 3. The van der Waals surface area contributed by atoms with Crippen molar-refractivity contribution < 1.29 is 0 Å². The van der Waals surface area contributed by atoms with Gasteiger partial charge in [-0.2, -0.15) is 10.4 Å². The first kappa shape index (κ1) is 16.3. The van der Waals surface area contributed by atoms with Crippen LogP contribution in [0.5, 0.6) is 0 Å². The van der Waals surface area contributed by atoms with Crippen LogP contribution >= 0.6 is 0 Å². The number of anilines is 1. The monoisotopic (exact) mass is 349 g/mol. The minimum Gasteiger partial charge on any atom is -0.339 e. The summed E-state index contributed by atoms with van der Waals surface area (Å²) in [6.07, 6.45) is 3.47. The number of fused-ring (bicyclic) bond motifs is 1. The van der Waals surface area contributed by atoms with Crippen LogP contribution in [0.3, 0.4) is 0 Å². The van der Waals surface area contributed by atoms with E-state index in [1.165, 1.54) is 4.63 Å². The van der Waals surface area contributed by atoms with Gasteiger partial charge in [-0.25, -0.2) is 0 Å². The lowest BCUT2D eigenvalue weighted by Crippen LogP contribution is -2.46. The number of piperidine rings is 1. The first-order chi connectivity index (χ1) is 12.7. The van der Waals surface area contributed by atoms with Gasteiger partial charge in [0.1, 0.15) is 0 Å². The summed E-state index contributed by atoms with van der Waals surface area (Å²) in [4.78, 5) is 15.1. The lowest BCUT2D eigenvalue weighted by molar-refractivity contribution is 0.485. The zero-order valence-corrected chi connectivity index (χ0v) is 14.2. The number of hydrogen-bond donors (Lipinski definition) is 1. The maximum atomic E-state index is 13.1. The molecular weight excluding hydrogens is 330 g/mol. The maximum Gasteiger partial charge on any atom is 0.281 e. The van der Waals surface area contributed by atoms with Crippen molar-refractivity contribution in [1.29, 1.82) is 5.26 Å². The second-order valence-electron chi connectivity index (χ2n) is 6.51. The molecule has 4 rings (SSSR count). The summed E-state index contributed by atoms with van der Waals surface area (Å²) in [6.45, 7) is 1.70. The molecule has 0 bridgehead atoms. The number of nitrogens with two attached hydrogens (primary N) is 1. The first-order valence-corrected chi connectivity index (χ1v) is 8.61. The third-order valence-corrected chi connectivity index (χ3v) is 4.72. The summed E-state index contributed by atoms with van der Waals surface area (Å²) >= 11 is 0. The van der Waals surface area contributed by atoms with Crippen LogP contribution in [0.2, 0.25) is 0 Å². The van der Waals surface area contributed by atoms with Gasteiger partial charge < -0.3 is 10.6 Å². The summed E-state index contributed by atoms with van der Waals surface area (Å²) in [6, 6.07) is 11.2. The van der Waals surface area contributed by atoms with Crippen LogP contribution in [0.25, 0.3) is 5.52 Å². The van der Waals surface area contributed by atoms with Crippen molar-refractivity contribution in [2.75, 3.05) is 18.0 Å². The molecule has 3 aromatic rings. The Balaban J connectivity index is 1.86. The first-order valence-electron chi connectivity index (χ1n) is 8.61. The van der Waals surface area contributed by atoms with Crippen LogP contribution in [0, 0.1) is 11.3 Å². The van der Waals surface area contributed by atoms with Crippen LogP contribution in [-0.2, 0) is 6.54 Å². The number of aromatic nitrogens is 4. The maximum absolute atomic E-state index is 13.1. The van der Waals surface area contributed by atoms with Crippen LogP contribution in [-0.4, -0.2) is 38.5 Å². The molecule has 8 nitrogen and oxygen atoms in total. The highest BCUT2D eigenvalue weighted by Gasteiger charge is 2.23. The number of benzene rings is 1. The van der Waals surface area contributed by atoms with Gasteiger partial charge in [0.25, 0.3) is 5.56 Å². The van der Waals surface area contributed by atoms with Crippen molar-refractivity contribution in [3.8, 4) is 6.07 Å². The predicted molar refractivity (Wildman–Crippen MR) is 96.9 cm³/mol. The smallest absolute Gasteiger partial charge is 0.281 e. The van der Waals surface area contributed by atoms with Gasteiger partial charge in [-0.15, -0.1) is 9.73 Å². The summed E-state index contributed by atoms with van der Waals surface area (Å²) in [7, 11) is 0. The summed E-state index contributed by atoms with van der Waals surface area (Å²) < 4.78 is 2.98. The number of nitrogens with zero attached hydrogens (tertiary/aromatic N) is 6. The normalized spacial score (nSPS) is 17.4. The van der Waals surface area contributed by atoms with Crippen molar-refractivity contribution >= 4 is 11.5 Å². The Morgan fingerprint density at radius 2 is 2.15 bits per heavy atom. The molecule has 1 fully saturated rings. The Bertz CT molecular complexity index is 1050. The molecule has 1 atom stereocenters.